The van der Waals surface area contributed by atoms with E-state index >= 15 is 0 Å². The average molecular weight is 989 g/mol. The Morgan fingerprint density at radius 3 is 1.66 bits per heavy atom. The van der Waals surface area contributed by atoms with E-state index in [9.17, 15) is 63.0 Å². The van der Waals surface area contributed by atoms with Crippen molar-refractivity contribution < 1.29 is 68.1 Å². The Morgan fingerprint density at radius 1 is 0.586 bits per heavy atom. The Labute approximate surface area is 403 Å². The third-order valence-corrected chi connectivity index (χ3v) is 10.9. The van der Waals surface area contributed by atoms with Gasteiger partial charge in [-0.2, -0.15) is 0 Å². The molecule has 0 unspecified atom stereocenters. The summed E-state index contributed by atoms with van der Waals surface area (Å²) in [5, 5.41) is 48.7. The van der Waals surface area contributed by atoms with Gasteiger partial charge in [-0.15, -0.1) is 0 Å². The van der Waals surface area contributed by atoms with Gasteiger partial charge in [0.05, 0.1) is 12.6 Å². The van der Waals surface area contributed by atoms with Crippen LogP contribution >= 0.6 is 0 Å². The number of para-hydroxylation sites is 1. The second-order valence-corrected chi connectivity index (χ2v) is 17.1. The van der Waals surface area contributed by atoms with E-state index in [2.05, 4.69) is 47.5 Å². The van der Waals surface area contributed by atoms with E-state index in [1.807, 2.05) is 0 Å². The highest BCUT2D eigenvalue weighted by Gasteiger charge is 2.34. The van der Waals surface area contributed by atoms with Gasteiger partial charge in [0, 0.05) is 36.4 Å². The van der Waals surface area contributed by atoms with Gasteiger partial charge in [-0.3, -0.25) is 47.9 Å². The summed E-state index contributed by atoms with van der Waals surface area (Å²) in [6.07, 6.45) is 0.546. The van der Waals surface area contributed by atoms with Gasteiger partial charge in [-0.05, 0) is 77.0 Å². The highest BCUT2D eigenvalue weighted by Crippen LogP contribution is 2.20. The first-order valence-electron chi connectivity index (χ1n) is 22.7. The number of carboxylic acid groups (broad SMARTS) is 2. The Bertz CT molecular complexity index is 2180. The molecule has 0 spiro atoms. The van der Waals surface area contributed by atoms with E-state index in [1.54, 1.807) is 44.3 Å². The molecule has 2 rings (SSSR count). The van der Waals surface area contributed by atoms with Crippen LogP contribution in [0.25, 0.3) is 10.9 Å². The molecule has 0 saturated carbocycles. The number of H-pyrrole nitrogens is 1. The number of amides is 9. The third-order valence-electron chi connectivity index (χ3n) is 10.9. The summed E-state index contributed by atoms with van der Waals surface area (Å²) in [4.78, 5) is 144. The summed E-state index contributed by atoms with van der Waals surface area (Å²) in [5.41, 5.74) is 17.8. The number of unbranched alkanes of at least 4 members (excludes halogenated alkanes) is 1. The summed E-state index contributed by atoms with van der Waals surface area (Å²) < 4.78 is 0. The molecule has 26 nitrogen and oxygen atoms in total. The van der Waals surface area contributed by atoms with Crippen LogP contribution in [-0.4, -0.2) is 153 Å². The van der Waals surface area contributed by atoms with Gasteiger partial charge >= 0.3 is 11.9 Å². The SMILES string of the molecule is CC(C)[C@H](NC(=O)[C@H](C)NC(=O)[C@H](CCC(N)=O)NC(=O)[C@H](C)N)C(=O)N[C@@H](C)C(=O)N[C@@H](Cc1c[nH]c2ccccc12)C(=O)N[C@@H](CCCCN)C(=O)N[C@@H](CO)C(=O)N[C@@H](CCC(=O)O)C(=O)O. The zero-order valence-corrected chi connectivity index (χ0v) is 39.8. The molecule has 0 aliphatic heterocycles. The molecule has 70 heavy (non-hydrogen) atoms. The largest absolute Gasteiger partial charge is 0.481 e. The molecular formula is C44H68N12O14. The number of aromatic amines is 1. The molecule has 1 heterocycles. The number of aromatic nitrogens is 1. The van der Waals surface area contributed by atoms with Crippen molar-refractivity contribution in [3.63, 3.8) is 0 Å². The van der Waals surface area contributed by atoms with Crippen LogP contribution < -0.4 is 59.7 Å². The molecule has 0 saturated heterocycles. The van der Waals surface area contributed by atoms with Gasteiger partial charge in [0.2, 0.25) is 53.2 Å². The molecule has 26 heteroatoms. The number of hydrogen-bond donors (Lipinski definition) is 15. The number of benzene rings is 1. The number of rotatable bonds is 31. The Balaban J connectivity index is 2.32. The van der Waals surface area contributed by atoms with Gasteiger partial charge in [0.1, 0.15) is 48.3 Å². The number of aliphatic carboxylic acids is 2. The minimum absolute atomic E-state index is 0.0459. The number of aliphatic hydroxyl groups is 1. The monoisotopic (exact) mass is 988 g/mol. The maximum atomic E-state index is 14.2. The summed E-state index contributed by atoms with van der Waals surface area (Å²) in [6, 6.07) is -5.30. The molecule has 1 aromatic heterocycles. The lowest BCUT2D eigenvalue weighted by Gasteiger charge is -2.27. The van der Waals surface area contributed by atoms with E-state index in [4.69, 9.17) is 22.3 Å². The van der Waals surface area contributed by atoms with Crippen molar-refractivity contribution in [2.24, 2.45) is 23.1 Å². The normalized spacial score (nSPS) is 15.0. The Morgan fingerprint density at radius 2 is 1.09 bits per heavy atom. The number of carboxylic acids is 2. The lowest BCUT2D eigenvalue weighted by molar-refractivity contribution is -0.143. The molecule has 9 atom stereocenters. The van der Waals surface area contributed by atoms with Crippen molar-refractivity contribution in [1.29, 1.82) is 0 Å². The number of aliphatic hydroxyl groups excluding tert-OH is 1. The van der Waals surface area contributed by atoms with Crippen LogP contribution in [0.2, 0.25) is 0 Å². The molecule has 388 valence electrons. The Hall–Kier alpha value is -7.19. The maximum Gasteiger partial charge on any atom is 0.326 e. The van der Waals surface area contributed by atoms with Crippen LogP contribution in [0.5, 0.6) is 0 Å². The number of primary amides is 1. The molecule has 1 aromatic carbocycles. The highest BCUT2D eigenvalue weighted by atomic mass is 16.4. The first kappa shape index (κ1) is 58.9. The number of fused-ring (bicyclic) bond motifs is 1. The van der Waals surface area contributed by atoms with Gasteiger partial charge < -0.3 is 80.0 Å². The van der Waals surface area contributed by atoms with Crippen LogP contribution in [0, 0.1) is 5.92 Å². The van der Waals surface area contributed by atoms with Crippen molar-refractivity contribution >= 4 is 76.0 Å². The lowest BCUT2D eigenvalue weighted by atomic mass is 10.0. The van der Waals surface area contributed by atoms with Gasteiger partial charge in [-0.1, -0.05) is 32.0 Å². The number of carbonyl (C=O) groups is 11. The van der Waals surface area contributed by atoms with E-state index in [0.717, 1.165) is 0 Å². The van der Waals surface area contributed by atoms with Crippen LogP contribution in [0.1, 0.15) is 85.1 Å². The fourth-order valence-electron chi connectivity index (χ4n) is 6.74. The summed E-state index contributed by atoms with van der Waals surface area (Å²) in [5.74, 6) is -11.2. The lowest BCUT2D eigenvalue weighted by Crippen LogP contribution is -2.60. The first-order valence-corrected chi connectivity index (χ1v) is 22.7. The van der Waals surface area contributed by atoms with E-state index < -0.39 is 145 Å². The number of hydrogen-bond acceptors (Lipinski definition) is 14. The second-order valence-electron chi connectivity index (χ2n) is 17.1. The van der Waals surface area contributed by atoms with Crippen LogP contribution in [-0.2, 0) is 59.2 Å². The molecule has 0 aliphatic carbocycles. The summed E-state index contributed by atoms with van der Waals surface area (Å²) in [6.45, 7) is 6.42. The number of carbonyl (C=O) groups excluding carboxylic acids is 9. The van der Waals surface area contributed by atoms with Crippen molar-refractivity contribution in [1.82, 2.24) is 47.5 Å². The third kappa shape index (κ3) is 19.4. The van der Waals surface area contributed by atoms with Crippen molar-refractivity contribution in [2.45, 2.75) is 140 Å². The fourth-order valence-corrected chi connectivity index (χ4v) is 6.74. The molecule has 2 aromatic rings. The standard InChI is InChI=1S/C44H68N12O14/c1-21(2)35(56-38(63)24(5)49-39(64)29(13-15-33(47)58)51-36(61)22(3)46)43(68)50-23(4)37(62)54-31(18-25-19-48-27-11-7-6-10-26(25)27)41(66)52-28(12-8-9-17-45)40(65)55-32(20-57)42(67)53-30(44(69)70)14-16-34(59)60/h6-7,10-11,19,21-24,28-32,35,48,57H,8-9,12-18,20,45-46H2,1-5H3,(H2,47,58)(H,49,64)(H,50,68)(H,51,61)(H,52,66)(H,53,67)(H,54,62)(H,55,65)(H,56,63)(H,59,60)(H,69,70)/t22-,23-,24-,28-,29-,30-,31-,32-,35-/m0/s1. The maximum absolute atomic E-state index is 14.2. The van der Waals surface area contributed by atoms with Gasteiger partial charge in [0.25, 0.3) is 0 Å². The number of nitrogens with one attached hydrogen (secondary N) is 9. The molecule has 0 bridgehead atoms. The predicted molar refractivity (Wildman–Crippen MR) is 250 cm³/mol. The van der Waals surface area contributed by atoms with Crippen LogP contribution in [0.3, 0.4) is 0 Å². The van der Waals surface area contributed by atoms with E-state index in [-0.39, 0.29) is 38.6 Å². The molecular weight excluding hydrogens is 921 g/mol. The summed E-state index contributed by atoms with van der Waals surface area (Å²) >= 11 is 0. The minimum atomic E-state index is -1.73. The number of nitrogens with two attached hydrogens (primary N) is 3. The molecule has 0 radical (unpaired) electrons. The minimum Gasteiger partial charge on any atom is -0.481 e. The highest BCUT2D eigenvalue weighted by molar-refractivity contribution is 5.98. The zero-order valence-electron chi connectivity index (χ0n) is 39.8. The van der Waals surface area contributed by atoms with Crippen molar-refractivity contribution in [2.75, 3.05) is 13.2 Å². The fraction of sp³-hybridized carbons (Fsp3) is 0.568. The molecule has 18 N–H and O–H groups in total. The predicted octanol–water partition coefficient (Wildman–Crippen LogP) is -4.03. The Kier molecular flexibility index (Phi) is 24.4. The van der Waals surface area contributed by atoms with E-state index in [0.29, 0.717) is 22.9 Å². The van der Waals surface area contributed by atoms with Gasteiger partial charge in [0.15, 0.2) is 0 Å². The molecule has 0 aliphatic rings. The van der Waals surface area contributed by atoms with Crippen LogP contribution in [0.4, 0.5) is 0 Å². The average Bonchev–Trinajstić information content (AvgIpc) is 3.70. The second kappa shape index (κ2) is 29.0. The topological polar surface area (TPSA) is 439 Å². The molecule has 0 fully saturated rings. The quantitative estimate of drug-likeness (QED) is 0.0320. The van der Waals surface area contributed by atoms with Crippen molar-refractivity contribution in [3.05, 3.63) is 36.0 Å². The van der Waals surface area contributed by atoms with Crippen LogP contribution in [0.15, 0.2) is 30.5 Å². The molecule has 9 amide bonds. The first-order chi connectivity index (χ1) is 32.9. The zero-order chi connectivity index (χ0) is 52.8. The van der Waals surface area contributed by atoms with Gasteiger partial charge in [-0.25, -0.2) is 4.79 Å². The smallest absolute Gasteiger partial charge is 0.326 e. The van der Waals surface area contributed by atoms with Crippen molar-refractivity contribution in [3.8, 4) is 0 Å². The summed E-state index contributed by atoms with van der Waals surface area (Å²) in [7, 11) is 0. The van der Waals surface area contributed by atoms with E-state index in [1.165, 1.54) is 20.8 Å².